The van der Waals surface area contributed by atoms with Gasteiger partial charge in [0.25, 0.3) is 5.89 Å². The van der Waals surface area contributed by atoms with Crippen LogP contribution in [0, 0.1) is 0 Å². The third-order valence-electron chi connectivity index (χ3n) is 3.22. The van der Waals surface area contributed by atoms with Gasteiger partial charge in [0.2, 0.25) is 11.8 Å². The number of nitrogens with one attached hydrogen (secondary N) is 1. The van der Waals surface area contributed by atoms with Gasteiger partial charge < -0.3 is 14.5 Å². The zero-order chi connectivity index (χ0) is 15.8. The van der Waals surface area contributed by atoms with Crippen LogP contribution in [0.2, 0.25) is 0 Å². The maximum atomic E-state index is 11.6. The molecule has 1 N–H and O–H groups in total. The molecule has 1 amide bonds. The zero-order valence-corrected chi connectivity index (χ0v) is 13.0. The molecule has 0 spiro atoms. The molecule has 22 heavy (non-hydrogen) atoms. The smallest absolute Gasteiger partial charge is 0.251 e. The predicted octanol–water partition coefficient (Wildman–Crippen LogP) is 2.59. The molecule has 118 valence electrons. The molecule has 2 rings (SSSR count). The highest BCUT2D eigenvalue weighted by atomic mass is 16.5. The van der Waals surface area contributed by atoms with Crippen LogP contribution in [0.3, 0.4) is 0 Å². The average molecular weight is 303 g/mol. The Balaban J connectivity index is 1.93. The van der Waals surface area contributed by atoms with Crippen LogP contribution < -0.4 is 10.1 Å². The second kappa shape index (κ2) is 8.17. The van der Waals surface area contributed by atoms with E-state index >= 15 is 0 Å². The van der Waals surface area contributed by atoms with Crippen LogP contribution in [0.15, 0.2) is 28.7 Å². The second-order valence-corrected chi connectivity index (χ2v) is 4.90. The highest BCUT2D eigenvalue weighted by Crippen LogP contribution is 2.28. The van der Waals surface area contributed by atoms with Crippen LogP contribution in [0.4, 0.5) is 0 Å². The van der Waals surface area contributed by atoms with Crippen molar-refractivity contribution in [3.05, 3.63) is 30.2 Å². The fourth-order valence-electron chi connectivity index (χ4n) is 2.00. The topological polar surface area (TPSA) is 77.2 Å². The van der Waals surface area contributed by atoms with E-state index in [0.717, 1.165) is 18.4 Å². The lowest BCUT2D eigenvalue weighted by atomic mass is 10.2. The lowest BCUT2D eigenvalue weighted by molar-refractivity contribution is -0.121. The van der Waals surface area contributed by atoms with E-state index in [4.69, 9.17) is 9.15 Å². The van der Waals surface area contributed by atoms with E-state index in [-0.39, 0.29) is 5.91 Å². The monoisotopic (exact) mass is 303 g/mol. The molecule has 0 saturated heterocycles. The Morgan fingerprint density at radius 1 is 1.32 bits per heavy atom. The number of amides is 1. The van der Waals surface area contributed by atoms with Crippen LogP contribution in [0.5, 0.6) is 5.75 Å². The lowest BCUT2D eigenvalue weighted by Gasteiger charge is -2.03. The van der Waals surface area contributed by atoms with E-state index in [1.54, 1.807) is 7.11 Å². The molecule has 1 aromatic carbocycles. The fraction of sp³-hybridized carbons (Fsp3) is 0.438. The van der Waals surface area contributed by atoms with Gasteiger partial charge in [0, 0.05) is 19.4 Å². The van der Waals surface area contributed by atoms with E-state index in [2.05, 4.69) is 22.4 Å². The van der Waals surface area contributed by atoms with Gasteiger partial charge in [-0.25, -0.2) is 0 Å². The highest BCUT2D eigenvalue weighted by molar-refractivity contribution is 5.75. The van der Waals surface area contributed by atoms with Gasteiger partial charge in [-0.15, -0.1) is 10.2 Å². The quantitative estimate of drug-likeness (QED) is 0.758. The van der Waals surface area contributed by atoms with Crippen molar-refractivity contribution in [2.45, 2.75) is 32.6 Å². The molecule has 0 bridgehead atoms. The maximum absolute atomic E-state index is 11.6. The lowest BCUT2D eigenvalue weighted by Crippen LogP contribution is -2.24. The molecule has 1 aromatic heterocycles. The van der Waals surface area contributed by atoms with Crippen LogP contribution >= 0.6 is 0 Å². The number of hydrogen-bond donors (Lipinski definition) is 1. The summed E-state index contributed by atoms with van der Waals surface area (Å²) in [6.45, 7) is 2.80. The molecule has 0 aliphatic rings. The van der Waals surface area contributed by atoms with Crippen molar-refractivity contribution in [3.8, 4) is 17.2 Å². The molecule has 0 saturated carbocycles. The number of rotatable bonds is 8. The summed E-state index contributed by atoms with van der Waals surface area (Å²) >= 11 is 0. The summed E-state index contributed by atoms with van der Waals surface area (Å²) in [4.78, 5) is 11.6. The summed E-state index contributed by atoms with van der Waals surface area (Å²) in [5, 5.41) is 10.9. The van der Waals surface area contributed by atoms with Crippen LogP contribution in [-0.4, -0.2) is 29.8 Å². The minimum absolute atomic E-state index is 0.00508. The second-order valence-electron chi connectivity index (χ2n) is 4.90. The fourth-order valence-corrected chi connectivity index (χ4v) is 2.00. The molecule has 6 heteroatoms. The molecule has 0 fully saturated rings. The molecule has 1 heterocycles. The summed E-state index contributed by atoms with van der Waals surface area (Å²) < 4.78 is 10.9. The van der Waals surface area contributed by atoms with Gasteiger partial charge >= 0.3 is 0 Å². The Labute approximate surface area is 129 Å². The van der Waals surface area contributed by atoms with E-state index in [1.807, 2.05) is 24.3 Å². The van der Waals surface area contributed by atoms with Crippen LogP contribution in [0.1, 0.15) is 32.1 Å². The number of hydrogen-bond acceptors (Lipinski definition) is 5. The molecular formula is C16H21N3O3. The third kappa shape index (κ3) is 4.31. The Morgan fingerprint density at radius 3 is 2.91 bits per heavy atom. The highest BCUT2D eigenvalue weighted by Gasteiger charge is 2.13. The Bertz CT molecular complexity index is 610. The standard InChI is InChI=1S/C16H21N3O3/c1-3-4-11-17-14(20)9-10-15-18-19-16(22-15)12-7-5-6-8-13(12)21-2/h5-8H,3-4,9-11H2,1-2H3,(H,17,20). The van der Waals surface area contributed by atoms with Crippen LogP contribution in [0.25, 0.3) is 11.5 Å². The SMILES string of the molecule is CCCCNC(=O)CCc1nnc(-c2ccccc2OC)o1. The summed E-state index contributed by atoms with van der Waals surface area (Å²) in [5.41, 5.74) is 0.746. The normalized spacial score (nSPS) is 10.5. The Morgan fingerprint density at radius 2 is 2.14 bits per heavy atom. The molecule has 6 nitrogen and oxygen atoms in total. The van der Waals surface area contributed by atoms with E-state index in [9.17, 15) is 4.79 Å². The van der Waals surface area contributed by atoms with E-state index in [1.165, 1.54) is 0 Å². The number of aromatic nitrogens is 2. The number of carbonyl (C=O) groups is 1. The first-order chi connectivity index (χ1) is 10.7. The number of unbranched alkanes of at least 4 members (excludes halogenated alkanes) is 1. The first-order valence-electron chi connectivity index (χ1n) is 7.47. The first-order valence-corrected chi connectivity index (χ1v) is 7.47. The van der Waals surface area contributed by atoms with Crippen molar-refractivity contribution in [1.82, 2.24) is 15.5 Å². The largest absolute Gasteiger partial charge is 0.496 e. The predicted molar refractivity (Wildman–Crippen MR) is 82.5 cm³/mol. The van der Waals surface area contributed by atoms with Gasteiger partial charge in [0.05, 0.1) is 12.7 Å². The maximum Gasteiger partial charge on any atom is 0.251 e. The molecule has 0 unspecified atom stereocenters. The zero-order valence-electron chi connectivity index (χ0n) is 13.0. The molecule has 0 radical (unpaired) electrons. The molecule has 0 aliphatic carbocycles. The summed E-state index contributed by atoms with van der Waals surface area (Å²) in [6, 6.07) is 7.44. The summed E-state index contributed by atoms with van der Waals surface area (Å²) in [6.07, 6.45) is 2.83. The first kappa shape index (κ1) is 16.0. The van der Waals surface area contributed by atoms with Gasteiger partial charge in [0.1, 0.15) is 5.75 Å². The number of carbonyl (C=O) groups excluding carboxylic acids is 1. The van der Waals surface area contributed by atoms with Gasteiger partial charge in [-0.2, -0.15) is 0 Å². The van der Waals surface area contributed by atoms with Gasteiger partial charge in [-0.3, -0.25) is 4.79 Å². The summed E-state index contributed by atoms with van der Waals surface area (Å²) in [5.74, 6) is 1.53. The molecule has 2 aromatic rings. The molecule has 0 atom stereocenters. The number of benzene rings is 1. The van der Waals surface area contributed by atoms with Crippen molar-refractivity contribution in [1.29, 1.82) is 0 Å². The van der Waals surface area contributed by atoms with Crippen LogP contribution in [-0.2, 0) is 11.2 Å². The van der Waals surface area contributed by atoms with Gasteiger partial charge in [-0.05, 0) is 18.6 Å². The van der Waals surface area contributed by atoms with Gasteiger partial charge in [0.15, 0.2) is 0 Å². The number of ether oxygens (including phenoxy) is 1. The number of methoxy groups -OCH3 is 1. The van der Waals surface area contributed by atoms with Crippen molar-refractivity contribution >= 4 is 5.91 Å². The molecule has 0 aliphatic heterocycles. The van der Waals surface area contributed by atoms with Crippen molar-refractivity contribution in [2.24, 2.45) is 0 Å². The number of para-hydroxylation sites is 1. The van der Waals surface area contributed by atoms with Gasteiger partial charge in [-0.1, -0.05) is 25.5 Å². The average Bonchev–Trinajstić information content (AvgIpc) is 3.02. The van der Waals surface area contributed by atoms with E-state index in [0.29, 0.717) is 36.9 Å². The van der Waals surface area contributed by atoms with Crippen molar-refractivity contribution in [2.75, 3.05) is 13.7 Å². The molecular weight excluding hydrogens is 282 g/mol. The number of nitrogens with zero attached hydrogens (tertiary/aromatic N) is 2. The Kier molecular flexibility index (Phi) is 5.94. The third-order valence-corrected chi connectivity index (χ3v) is 3.22. The van der Waals surface area contributed by atoms with Crippen molar-refractivity contribution < 1.29 is 13.9 Å². The van der Waals surface area contributed by atoms with E-state index < -0.39 is 0 Å². The number of aryl methyl sites for hydroxylation is 1. The minimum atomic E-state index is 0.00508. The van der Waals surface area contributed by atoms with Crippen molar-refractivity contribution in [3.63, 3.8) is 0 Å². The Hall–Kier alpha value is -2.37. The minimum Gasteiger partial charge on any atom is -0.496 e. The summed E-state index contributed by atoms with van der Waals surface area (Å²) in [7, 11) is 1.59.